The van der Waals surface area contributed by atoms with Crippen molar-refractivity contribution in [2.45, 2.75) is 0 Å². The highest BCUT2D eigenvalue weighted by Gasteiger charge is 1.58. The Hall–Kier alpha value is -0.320. The molecule has 0 radical (unpaired) electrons. The van der Waals surface area contributed by atoms with Crippen molar-refractivity contribution in [3.8, 4) is 0 Å². The van der Waals surface area contributed by atoms with Gasteiger partial charge < -0.3 is 43.1 Å². The Bertz CT molecular complexity index is 9.22. The molecule has 0 aromatic carbocycles. The first-order chi connectivity index (χ1) is 1.91. The third-order valence-corrected chi connectivity index (χ3v) is 0.1000. The normalized spacial score (nSPS) is 3.00. The number of hydrogen-bond donors (Lipinski definition) is 2. The zero-order chi connectivity index (χ0) is 3.41. The van der Waals surface area contributed by atoms with Crippen LogP contribution >= 0.6 is 0 Å². The van der Waals surface area contributed by atoms with Crippen LogP contribution in [0.1, 0.15) is 0 Å². The van der Waals surface area contributed by atoms with E-state index in [-0.39, 0.29) is 46.1 Å². The molecule has 0 heterocycles. The molecule has 0 aromatic heterocycles. The molecule has 0 unspecified atom stereocenters. The van der Waals surface area contributed by atoms with Crippen LogP contribution in [0, 0.1) is 0 Å². The van der Waals surface area contributed by atoms with Crippen molar-refractivity contribution < 1.29 is 43.1 Å². The molecule has 74 valence electrons. The summed E-state index contributed by atoms with van der Waals surface area (Å²) < 4.78 is 0. The summed E-state index contributed by atoms with van der Waals surface area (Å²) in [6.45, 7) is -0.250. The van der Waals surface area contributed by atoms with Gasteiger partial charge in [-0.05, 0) is 0 Å². The Morgan fingerprint density at radius 2 is 0.600 bits per heavy atom. The fraction of sp³-hybridized carbons (Fsp3) is 1.00. The Balaban J connectivity index is -0.00000000300. The first-order valence-electron chi connectivity index (χ1n) is 1.13. The van der Waals surface area contributed by atoms with Crippen LogP contribution in [0.3, 0.4) is 0 Å². The Kier molecular flexibility index (Phi) is 1840. The Morgan fingerprint density at radius 1 is 0.500 bits per heavy atom. The molecule has 0 atom stereocenters. The van der Waals surface area contributed by atoms with Gasteiger partial charge in [-0.25, -0.2) is 0 Å². The van der Waals surface area contributed by atoms with E-state index in [0.717, 1.165) is 0 Å². The average Bonchev–Trinajstić information content (AvgIpc) is 1.37. The van der Waals surface area contributed by atoms with E-state index >= 15 is 0 Å². The summed E-state index contributed by atoms with van der Waals surface area (Å²) in [5, 5.41) is 15.2. The molecule has 0 aliphatic rings. The number of rotatable bonds is 1. The highest BCUT2D eigenvalue weighted by molar-refractivity contribution is 4.06. The topological polar surface area (TPSA) is 229 Å². The molecule has 0 amide bonds. The van der Waals surface area contributed by atoms with Crippen molar-refractivity contribution in [2.75, 3.05) is 13.2 Å². The lowest BCUT2D eigenvalue weighted by Crippen LogP contribution is -1.85. The fourth-order valence-corrected chi connectivity index (χ4v) is 0. The van der Waals surface area contributed by atoms with E-state index in [4.69, 9.17) is 10.2 Å². The van der Waals surface area contributed by atoms with E-state index in [1.165, 1.54) is 0 Å². The molecule has 0 saturated carbocycles. The second kappa shape index (κ2) is 181. The zero-order valence-electron chi connectivity index (χ0n) is 5.31. The molecule has 8 nitrogen and oxygen atoms in total. The van der Waals surface area contributed by atoms with Crippen LogP contribution in [0.25, 0.3) is 0 Å². The minimum atomic E-state index is -0.125. The summed E-state index contributed by atoms with van der Waals surface area (Å²) in [6.07, 6.45) is 0. The highest BCUT2D eigenvalue weighted by atomic mass is 16.3. The molecule has 0 aliphatic carbocycles. The largest absolute Gasteiger partial charge is 0.412 e. The number of aliphatic hydroxyl groups is 2. The predicted molar refractivity (Wildman–Crippen MR) is 35.9 cm³/mol. The minimum absolute atomic E-state index is 0. The van der Waals surface area contributed by atoms with Crippen LogP contribution in [-0.2, 0) is 0 Å². The number of hydrogen-bond acceptors (Lipinski definition) is 2. The summed E-state index contributed by atoms with van der Waals surface area (Å²) in [5.74, 6) is 0. The first kappa shape index (κ1) is 102. The lowest BCUT2D eigenvalue weighted by molar-refractivity contribution is 0.186. The van der Waals surface area contributed by atoms with Gasteiger partial charge in [0.25, 0.3) is 0 Å². The summed E-state index contributed by atoms with van der Waals surface area (Å²) >= 11 is 0. The maximum absolute atomic E-state index is 7.62. The molecule has 0 bridgehead atoms. The maximum atomic E-state index is 7.62. The molecular weight excluding hydrogens is 152 g/mol. The van der Waals surface area contributed by atoms with Crippen molar-refractivity contribution in [3.63, 3.8) is 0 Å². The molecule has 8 heteroatoms. The van der Waals surface area contributed by atoms with Gasteiger partial charge >= 0.3 is 0 Å². The van der Waals surface area contributed by atoms with Gasteiger partial charge in [-0.3, -0.25) is 0 Å². The van der Waals surface area contributed by atoms with Crippen molar-refractivity contribution in [1.82, 2.24) is 0 Å². The van der Waals surface area contributed by atoms with Crippen LogP contribution < -0.4 is 0 Å². The standard InChI is InChI=1S/C2H6O2.6H2O/c3-1-2-4;;;;;;/h3-4H,1-2H2;6*1H2. The third-order valence-electron chi connectivity index (χ3n) is 0.1000. The van der Waals surface area contributed by atoms with Crippen molar-refractivity contribution in [2.24, 2.45) is 0 Å². The quantitative estimate of drug-likeness (QED) is 0.391. The summed E-state index contributed by atoms with van der Waals surface area (Å²) in [5.41, 5.74) is 0. The third kappa shape index (κ3) is 741. The van der Waals surface area contributed by atoms with Gasteiger partial charge in [0.1, 0.15) is 0 Å². The molecule has 0 aromatic rings. The molecule has 14 N–H and O–H groups in total. The summed E-state index contributed by atoms with van der Waals surface area (Å²) in [6, 6.07) is 0. The van der Waals surface area contributed by atoms with Gasteiger partial charge in [-0.2, -0.15) is 0 Å². The molecule has 0 aliphatic heterocycles. The fourth-order valence-electron chi connectivity index (χ4n) is 0. The molecule has 10 heavy (non-hydrogen) atoms. The van der Waals surface area contributed by atoms with Gasteiger partial charge in [-0.15, -0.1) is 0 Å². The van der Waals surface area contributed by atoms with E-state index in [9.17, 15) is 0 Å². The van der Waals surface area contributed by atoms with E-state index in [1.807, 2.05) is 0 Å². The van der Waals surface area contributed by atoms with Crippen molar-refractivity contribution in [1.29, 1.82) is 0 Å². The van der Waals surface area contributed by atoms with Crippen molar-refractivity contribution in [3.05, 3.63) is 0 Å². The van der Waals surface area contributed by atoms with Gasteiger partial charge in [0.15, 0.2) is 0 Å². The summed E-state index contributed by atoms with van der Waals surface area (Å²) in [7, 11) is 0. The molecule has 0 rings (SSSR count). The van der Waals surface area contributed by atoms with Gasteiger partial charge in [-0.1, -0.05) is 0 Å². The molecular formula is C2H18O8. The zero-order valence-corrected chi connectivity index (χ0v) is 5.31. The average molecular weight is 170 g/mol. The first-order valence-corrected chi connectivity index (χ1v) is 1.13. The van der Waals surface area contributed by atoms with E-state index < -0.39 is 0 Å². The summed E-state index contributed by atoms with van der Waals surface area (Å²) in [4.78, 5) is 0. The molecule has 0 spiro atoms. The predicted octanol–water partition coefficient (Wildman–Crippen LogP) is -5.98. The lowest BCUT2D eigenvalue weighted by atomic mass is 10.8. The van der Waals surface area contributed by atoms with Crippen LogP contribution in [0.4, 0.5) is 0 Å². The smallest absolute Gasteiger partial charge is 0.0662 e. The van der Waals surface area contributed by atoms with Crippen molar-refractivity contribution >= 4 is 0 Å². The second-order valence-corrected chi connectivity index (χ2v) is 0.447. The second-order valence-electron chi connectivity index (χ2n) is 0.447. The van der Waals surface area contributed by atoms with E-state index in [1.54, 1.807) is 0 Å². The minimum Gasteiger partial charge on any atom is -0.412 e. The van der Waals surface area contributed by atoms with E-state index in [0.29, 0.717) is 0 Å². The van der Waals surface area contributed by atoms with Gasteiger partial charge in [0.05, 0.1) is 13.2 Å². The monoisotopic (exact) mass is 170 g/mol. The molecule has 0 fully saturated rings. The molecule has 0 saturated heterocycles. The number of aliphatic hydroxyl groups excluding tert-OH is 2. The maximum Gasteiger partial charge on any atom is 0.0662 e. The van der Waals surface area contributed by atoms with Gasteiger partial charge in [0.2, 0.25) is 0 Å². The highest BCUT2D eigenvalue weighted by Crippen LogP contribution is 1.39. The van der Waals surface area contributed by atoms with E-state index in [2.05, 4.69) is 0 Å². The lowest BCUT2D eigenvalue weighted by Gasteiger charge is -1.70. The Labute approximate surface area is 57.6 Å². The van der Waals surface area contributed by atoms with Crippen LogP contribution in [0.5, 0.6) is 0 Å². The van der Waals surface area contributed by atoms with Crippen LogP contribution in [0.15, 0.2) is 0 Å². The Morgan fingerprint density at radius 3 is 0.600 bits per heavy atom. The van der Waals surface area contributed by atoms with Crippen LogP contribution in [0.2, 0.25) is 0 Å². The van der Waals surface area contributed by atoms with Crippen LogP contribution in [-0.4, -0.2) is 56.3 Å². The SMILES string of the molecule is O.O.O.O.O.O.OCCO. The van der Waals surface area contributed by atoms with Gasteiger partial charge in [0, 0.05) is 0 Å².